The number of rotatable bonds is 4. The van der Waals surface area contributed by atoms with Crippen molar-refractivity contribution in [3.05, 3.63) is 44.3 Å². The minimum Gasteiger partial charge on any atom is -0.352 e. The zero-order valence-corrected chi connectivity index (χ0v) is 14.9. The fraction of sp³-hybridized carbons (Fsp3) is 0.308. The first-order valence-corrected chi connectivity index (χ1v) is 7.55. The quantitative estimate of drug-likeness (QED) is 0.462. The van der Waals surface area contributed by atoms with E-state index in [0.717, 1.165) is 19.0 Å². The van der Waals surface area contributed by atoms with E-state index in [2.05, 4.69) is 51.5 Å². The molecule has 0 aliphatic carbocycles. The molecule has 2 rings (SSSR count). The molecule has 0 fully saturated rings. The molecule has 0 amide bonds. The average Bonchev–Trinajstić information content (AvgIpc) is 3.01. The van der Waals surface area contributed by atoms with Gasteiger partial charge in [0.15, 0.2) is 5.96 Å². The molecule has 0 aromatic carbocycles. The molecule has 0 aliphatic heterocycles. The Morgan fingerprint density at radius 1 is 1.16 bits per heavy atom. The van der Waals surface area contributed by atoms with E-state index in [1.165, 1.54) is 15.3 Å². The molecule has 2 aromatic heterocycles. The van der Waals surface area contributed by atoms with E-state index >= 15 is 0 Å². The number of thiophene rings is 2. The van der Waals surface area contributed by atoms with Gasteiger partial charge < -0.3 is 10.6 Å². The van der Waals surface area contributed by atoms with Gasteiger partial charge in [0, 0.05) is 16.8 Å². The first-order valence-electron chi connectivity index (χ1n) is 5.79. The van der Waals surface area contributed by atoms with Gasteiger partial charge in [-0.2, -0.15) is 0 Å². The summed E-state index contributed by atoms with van der Waals surface area (Å²) in [6, 6.07) is 6.32. The van der Waals surface area contributed by atoms with Crippen LogP contribution in [-0.2, 0) is 13.1 Å². The van der Waals surface area contributed by atoms with Crippen molar-refractivity contribution in [1.29, 1.82) is 0 Å². The van der Waals surface area contributed by atoms with Gasteiger partial charge >= 0.3 is 0 Å². The van der Waals surface area contributed by atoms with Crippen LogP contribution < -0.4 is 10.6 Å². The maximum atomic E-state index is 4.22. The van der Waals surface area contributed by atoms with Crippen molar-refractivity contribution in [2.24, 2.45) is 4.99 Å². The molecule has 2 N–H and O–H groups in total. The number of hydrogen-bond donors (Lipinski definition) is 2. The highest BCUT2D eigenvalue weighted by atomic mass is 127. The SMILES string of the molecule is CN=C(NCc1cccs1)NCc1sccc1C.I. The van der Waals surface area contributed by atoms with Gasteiger partial charge in [0.1, 0.15) is 0 Å². The fourth-order valence-corrected chi connectivity index (χ4v) is 3.04. The van der Waals surface area contributed by atoms with Crippen molar-refractivity contribution in [2.75, 3.05) is 7.05 Å². The second-order valence-electron chi connectivity index (χ2n) is 3.89. The molecule has 19 heavy (non-hydrogen) atoms. The predicted octanol–water partition coefficient (Wildman–Crippen LogP) is 3.60. The largest absolute Gasteiger partial charge is 0.352 e. The summed E-state index contributed by atoms with van der Waals surface area (Å²) in [7, 11) is 1.80. The number of nitrogens with zero attached hydrogens (tertiary/aromatic N) is 1. The molecule has 3 nitrogen and oxygen atoms in total. The maximum Gasteiger partial charge on any atom is 0.191 e. The van der Waals surface area contributed by atoms with Crippen LogP contribution in [0, 0.1) is 6.92 Å². The Kier molecular flexibility index (Phi) is 7.40. The van der Waals surface area contributed by atoms with Crippen molar-refractivity contribution in [1.82, 2.24) is 10.6 Å². The summed E-state index contributed by atoms with van der Waals surface area (Å²) in [6.07, 6.45) is 0. The van der Waals surface area contributed by atoms with Crippen molar-refractivity contribution in [3.63, 3.8) is 0 Å². The summed E-state index contributed by atoms with van der Waals surface area (Å²) in [5.41, 5.74) is 1.33. The van der Waals surface area contributed by atoms with Gasteiger partial charge in [-0.25, -0.2) is 0 Å². The minimum atomic E-state index is 0. The summed E-state index contributed by atoms with van der Waals surface area (Å²) < 4.78 is 0. The Bertz CT molecular complexity index is 506. The van der Waals surface area contributed by atoms with Crippen molar-refractivity contribution < 1.29 is 0 Å². The Morgan fingerprint density at radius 2 is 1.95 bits per heavy atom. The van der Waals surface area contributed by atoms with Crippen LogP contribution in [0.1, 0.15) is 15.3 Å². The van der Waals surface area contributed by atoms with Crippen LogP contribution in [-0.4, -0.2) is 13.0 Å². The van der Waals surface area contributed by atoms with Gasteiger partial charge in [0.05, 0.1) is 13.1 Å². The van der Waals surface area contributed by atoms with Crippen LogP contribution in [0.4, 0.5) is 0 Å². The third-order valence-electron chi connectivity index (χ3n) is 2.62. The highest BCUT2D eigenvalue weighted by Gasteiger charge is 2.02. The second-order valence-corrected chi connectivity index (χ2v) is 5.92. The molecule has 0 saturated carbocycles. The Balaban J connectivity index is 0.00000180. The van der Waals surface area contributed by atoms with Gasteiger partial charge in [-0.05, 0) is 35.4 Å². The normalized spacial score (nSPS) is 10.9. The lowest BCUT2D eigenvalue weighted by molar-refractivity contribution is 0.820. The van der Waals surface area contributed by atoms with E-state index in [4.69, 9.17) is 0 Å². The molecule has 6 heteroatoms. The van der Waals surface area contributed by atoms with E-state index in [1.807, 2.05) is 0 Å². The van der Waals surface area contributed by atoms with Crippen LogP contribution in [0.3, 0.4) is 0 Å². The van der Waals surface area contributed by atoms with Crippen LogP contribution in [0.5, 0.6) is 0 Å². The van der Waals surface area contributed by atoms with Crippen LogP contribution >= 0.6 is 46.7 Å². The number of hydrogen-bond acceptors (Lipinski definition) is 3. The molecule has 0 spiro atoms. The topological polar surface area (TPSA) is 36.4 Å². The van der Waals surface area contributed by atoms with Crippen LogP contribution in [0.2, 0.25) is 0 Å². The third kappa shape index (κ3) is 5.12. The highest BCUT2D eigenvalue weighted by molar-refractivity contribution is 14.0. The number of aliphatic imine (C=N–C) groups is 1. The predicted molar refractivity (Wildman–Crippen MR) is 95.8 cm³/mol. The molecule has 2 aromatic rings. The maximum absolute atomic E-state index is 4.22. The van der Waals surface area contributed by atoms with Crippen molar-refractivity contribution >= 4 is 52.6 Å². The van der Waals surface area contributed by atoms with Gasteiger partial charge in [-0.3, -0.25) is 4.99 Å². The summed E-state index contributed by atoms with van der Waals surface area (Å²) in [4.78, 5) is 6.89. The molecular weight excluding hydrogens is 389 g/mol. The molecule has 0 aliphatic rings. The average molecular weight is 407 g/mol. The monoisotopic (exact) mass is 407 g/mol. The zero-order chi connectivity index (χ0) is 12.8. The molecule has 0 bridgehead atoms. The van der Waals surface area contributed by atoms with E-state index in [1.54, 1.807) is 29.7 Å². The van der Waals surface area contributed by atoms with Crippen LogP contribution in [0.15, 0.2) is 34.0 Å². The molecule has 2 heterocycles. The first kappa shape index (κ1) is 16.5. The standard InChI is InChI=1S/C13H17N3S2.HI/c1-10-5-7-18-12(10)9-16-13(14-2)15-8-11-4-3-6-17-11;/h3-7H,8-9H2,1-2H3,(H2,14,15,16);1H. The smallest absolute Gasteiger partial charge is 0.191 e. The van der Waals surface area contributed by atoms with Crippen molar-refractivity contribution in [3.8, 4) is 0 Å². The Morgan fingerprint density at radius 3 is 2.53 bits per heavy atom. The van der Waals surface area contributed by atoms with Gasteiger partial charge in [-0.15, -0.1) is 46.7 Å². The minimum absolute atomic E-state index is 0. The summed E-state index contributed by atoms with van der Waals surface area (Å²) in [5, 5.41) is 10.8. The summed E-state index contributed by atoms with van der Waals surface area (Å²) in [6.45, 7) is 3.78. The lowest BCUT2D eigenvalue weighted by atomic mass is 10.3. The fourth-order valence-electron chi connectivity index (χ4n) is 1.55. The molecule has 0 unspecified atom stereocenters. The number of nitrogens with one attached hydrogen (secondary N) is 2. The van der Waals surface area contributed by atoms with Crippen molar-refractivity contribution in [2.45, 2.75) is 20.0 Å². The molecule has 0 atom stereocenters. The molecule has 0 saturated heterocycles. The molecular formula is C13H18IN3S2. The van der Waals surface area contributed by atoms with Gasteiger partial charge in [0.25, 0.3) is 0 Å². The van der Waals surface area contributed by atoms with Gasteiger partial charge in [-0.1, -0.05) is 6.07 Å². The Labute approximate surface area is 139 Å². The third-order valence-corrected chi connectivity index (χ3v) is 4.52. The molecule has 104 valence electrons. The lowest BCUT2D eigenvalue weighted by Crippen LogP contribution is -2.36. The van der Waals surface area contributed by atoms with E-state index in [-0.39, 0.29) is 24.0 Å². The van der Waals surface area contributed by atoms with E-state index in [0.29, 0.717) is 0 Å². The number of guanidine groups is 1. The zero-order valence-electron chi connectivity index (χ0n) is 11.0. The Hall–Kier alpha value is -0.600. The van der Waals surface area contributed by atoms with E-state index < -0.39 is 0 Å². The van der Waals surface area contributed by atoms with E-state index in [9.17, 15) is 0 Å². The first-order chi connectivity index (χ1) is 8.79. The van der Waals surface area contributed by atoms with Crippen LogP contribution in [0.25, 0.3) is 0 Å². The lowest BCUT2D eigenvalue weighted by Gasteiger charge is -2.10. The number of aryl methyl sites for hydroxylation is 1. The second kappa shape index (κ2) is 8.55. The summed E-state index contributed by atoms with van der Waals surface area (Å²) in [5.74, 6) is 0.844. The van der Waals surface area contributed by atoms with Gasteiger partial charge in [0.2, 0.25) is 0 Å². The highest BCUT2D eigenvalue weighted by Crippen LogP contribution is 2.14. The summed E-state index contributed by atoms with van der Waals surface area (Å²) >= 11 is 3.53. The molecule has 0 radical (unpaired) electrons. The number of halogens is 1.